The molecule has 2 heterocycles. The van der Waals surface area contributed by atoms with Crippen LogP contribution in [0.4, 0.5) is 0 Å². The largest absolute Gasteiger partial charge is 0.496 e. The molecule has 0 amide bonds. The lowest BCUT2D eigenvalue weighted by atomic mass is 10.0. The van der Waals surface area contributed by atoms with Gasteiger partial charge >= 0.3 is 0 Å². The van der Waals surface area contributed by atoms with Gasteiger partial charge in [0.05, 0.1) is 13.7 Å². The van der Waals surface area contributed by atoms with E-state index in [1.54, 1.807) is 7.11 Å². The highest BCUT2D eigenvalue weighted by Crippen LogP contribution is 2.26. The summed E-state index contributed by atoms with van der Waals surface area (Å²) in [5.74, 6) is 2.09. The van der Waals surface area contributed by atoms with Crippen molar-refractivity contribution in [2.75, 3.05) is 27.2 Å². The van der Waals surface area contributed by atoms with Crippen molar-refractivity contribution < 1.29 is 4.74 Å². The van der Waals surface area contributed by atoms with Crippen LogP contribution < -0.4 is 10.1 Å². The first-order chi connectivity index (χ1) is 10.3. The number of aromatic nitrogens is 2. The van der Waals surface area contributed by atoms with Crippen LogP contribution in [0.25, 0.3) is 0 Å². The quantitative estimate of drug-likeness (QED) is 0.908. The van der Waals surface area contributed by atoms with E-state index in [0.717, 1.165) is 37.8 Å². The SMILES string of the molecule is CNC(CN1CCn2ccnc2C1)c1ccccc1OC. The molecule has 0 saturated heterocycles. The molecule has 2 aromatic rings. The molecule has 1 N–H and O–H groups in total. The minimum atomic E-state index is 0.252. The van der Waals surface area contributed by atoms with Gasteiger partial charge in [-0.15, -0.1) is 0 Å². The predicted octanol–water partition coefficient (Wildman–Crippen LogP) is 1.67. The maximum atomic E-state index is 5.49. The number of benzene rings is 1. The van der Waals surface area contributed by atoms with Crippen molar-refractivity contribution in [3.8, 4) is 5.75 Å². The number of rotatable bonds is 5. The first-order valence-corrected chi connectivity index (χ1v) is 7.34. The van der Waals surface area contributed by atoms with Gasteiger partial charge in [-0.05, 0) is 13.1 Å². The molecule has 1 aliphatic rings. The molecular weight excluding hydrogens is 264 g/mol. The van der Waals surface area contributed by atoms with Gasteiger partial charge in [0.2, 0.25) is 0 Å². The molecule has 1 unspecified atom stereocenters. The second-order valence-corrected chi connectivity index (χ2v) is 5.36. The summed E-state index contributed by atoms with van der Waals surface area (Å²) in [4.78, 5) is 6.86. The summed E-state index contributed by atoms with van der Waals surface area (Å²) in [5.41, 5.74) is 1.21. The molecule has 21 heavy (non-hydrogen) atoms. The summed E-state index contributed by atoms with van der Waals surface area (Å²) >= 11 is 0. The van der Waals surface area contributed by atoms with E-state index in [4.69, 9.17) is 4.74 Å². The topological polar surface area (TPSA) is 42.3 Å². The first kappa shape index (κ1) is 14.1. The molecule has 1 atom stereocenters. The highest BCUT2D eigenvalue weighted by Gasteiger charge is 2.21. The number of likely N-dealkylation sites (N-methyl/N-ethyl adjacent to an activating group) is 1. The molecule has 5 heteroatoms. The maximum Gasteiger partial charge on any atom is 0.123 e. The average Bonchev–Trinajstić information content (AvgIpc) is 3.00. The fourth-order valence-electron chi connectivity index (χ4n) is 2.94. The number of methoxy groups -OCH3 is 1. The Labute approximate surface area is 125 Å². The van der Waals surface area contributed by atoms with E-state index in [0.29, 0.717) is 0 Å². The molecule has 1 aromatic carbocycles. The Morgan fingerprint density at radius 2 is 2.19 bits per heavy atom. The van der Waals surface area contributed by atoms with E-state index in [-0.39, 0.29) is 6.04 Å². The third-order valence-electron chi connectivity index (χ3n) is 4.13. The molecule has 0 saturated carbocycles. The van der Waals surface area contributed by atoms with Crippen molar-refractivity contribution in [1.29, 1.82) is 0 Å². The zero-order chi connectivity index (χ0) is 14.7. The van der Waals surface area contributed by atoms with Gasteiger partial charge in [0.25, 0.3) is 0 Å². The van der Waals surface area contributed by atoms with Crippen molar-refractivity contribution in [2.24, 2.45) is 0 Å². The molecule has 1 aromatic heterocycles. The van der Waals surface area contributed by atoms with Gasteiger partial charge in [0.15, 0.2) is 0 Å². The molecule has 0 aliphatic carbocycles. The summed E-state index contributed by atoms with van der Waals surface area (Å²) in [6, 6.07) is 8.47. The number of para-hydroxylation sites is 1. The van der Waals surface area contributed by atoms with Crippen LogP contribution in [0.1, 0.15) is 17.4 Å². The normalized spacial score (nSPS) is 16.5. The maximum absolute atomic E-state index is 5.49. The molecule has 0 bridgehead atoms. The van der Waals surface area contributed by atoms with E-state index in [2.05, 4.69) is 38.1 Å². The minimum absolute atomic E-state index is 0.252. The Morgan fingerprint density at radius 1 is 1.33 bits per heavy atom. The Kier molecular flexibility index (Phi) is 4.22. The second kappa shape index (κ2) is 6.28. The van der Waals surface area contributed by atoms with Crippen LogP contribution in [0.3, 0.4) is 0 Å². The summed E-state index contributed by atoms with van der Waals surface area (Å²) in [7, 11) is 3.73. The van der Waals surface area contributed by atoms with Crippen LogP contribution in [0.5, 0.6) is 5.75 Å². The van der Waals surface area contributed by atoms with Crippen molar-refractivity contribution in [3.63, 3.8) is 0 Å². The standard InChI is InChI=1S/C16H22N4O/c1-17-14(13-5-3-4-6-15(13)21-2)11-19-9-10-20-8-7-18-16(20)12-19/h3-8,14,17H,9-12H2,1-2H3. The van der Waals surface area contributed by atoms with E-state index in [1.807, 2.05) is 25.4 Å². The molecule has 3 rings (SSSR count). The van der Waals surface area contributed by atoms with Crippen molar-refractivity contribution in [3.05, 3.63) is 48.0 Å². The number of hydrogen-bond acceptors (Lipinski definition) is 4. The lowest BCUT2D eigenvalue weighted by Gasteiger charge is -2.31. The van der Waals surface area contributed by atoms with Crippen LogP contribution in [-0.4, -0.2) is 41.7 Å². The van der Waals surface area contributed by atoms with Crippen LogP contribution in [0.2, 0.25) is 0 Å². The van der Waals surface area contributed by atoms with Crippen molar-refractivity contribution >= 4 is 0 Å². The Morgan fingerprint density at radius 3 is 3.00 bits per heavy atom. The Hall–Kier alpha value is -1.85. The Balaban J connectivity index is 1.73. The fraction of sp³-hybridized carbons (Fsp3) is 0.438. The number of nitrogens with zero attached hydrogens (tertiary/aromatic N) is 3. The highest BCUT2D eigenvalue weighted by molar-refractivity contribution is 5.36. The lowest BCUT2D eigenvalue weighted by molar-refractivity contribution is 0.196. The minimum Gasteiger partial charge on any atom is -0.496 e. The summed E-state index contributed by atoms with van der Waals surface area (Å²) in [6.45, 7) is 3.92. The third kappa shape index (κ3) is 2.94. The second-order valence-electron chi connectivity index (χ2n) is 5.36. The van der Waals surface area contributed by atoms with Gasteiger partial charge in [-0.25, -0.2) is 4.98 Å². The monoisotopic (exact) mass is 286 g/mol. The molecule has 112 valence electrons. The van der Waals surface area contributed by atoms with E-state index < -0.39 is 0 Å². The van der Waals surface area contributed by atoms with Gasteiger partial charge in [0.1, 0.15) is 11.6 Å². The zero-order valence-electron chi connectivity index (χ0n) is 12.6. The van der Waals surface area contributed by atoms with Gasteiger partial charge in [-0.3, -0.25) is 4.90 Å². The molecule has 5 nitrogen and oxygen atoms in total. The number of imidazole rings is 1. The summed E-state index contributed by atoms with van der Waals surface area (Å²) in [5, 5.41) is 3.41. The fourth-order valence-corrected chi connectivity index (χ4v) is 2.94. The Bertz CT molecular complexity index is 595. The van der Waals surface area contributed by atoms with E-state index >= 15 is 0 Å². The van der Waals surface area contributed by atoms with Crippen LogP contribution in [-0.2, 0) is 13.1 Å². The smallest absolute Gasteiger partial charge is 0.123 e. The number of fused-ring (bicyclic) bond motifs is 1. The number of nitrogens with one attached hydrogen (secondary N) is 1. The molecule has 1 aliphatic heterocycles. The van der Waals surface area contributed by atoms with E-state index in [1.165, 1.54) is 5.56 Å². The van der Waals surface area contributed by atoms with Crippen molar-refractivity contribution in [1.82, 2.24) is 19.8 Å². The average molecular weight is 286 g/mol. The highest BCUT2D eigenvalue weighted by atomic mass is 16.5. The van der Waals surface area contributed by atoms with Crippen LogP contribution >= 0.6 is 0 Å². The van der Waals surface area contributed by atoms with Crippen LogP contribution in [0, 0.1) is 0 Å². The van der Waals surface area contributed by atoms with Gasteiger partial charge in [0, 0.05) is 43.6 Å². The summed E-state index contributed by atoms with van der Waals surface area (Å²) in [6.07, 6.45) is 3.94. The van der Waals surface area contributed by atoms with Gasteiger partial charge in [-0.2, -0.15) is 0 Å². The first-order valence-electron chi connectivity index (χ1n) is 7.34. The predicted molar refractivity (Wildman–Crippen MR) is 82.3 cm³/mol. The molecule has 0 fully saturated rings. The number of ether oxygens (including phenoxy) is 1. The third-order valence-corrected chi connectivity index (χ3v) is 4.13. The molecule has 0 spiro atoms. The zero-order valence-corrected chi connectivity index (χ0v) is 12.6. The molecule has 0 radical (unpaired) electrons. The number of hydrogen-bond donors (Lipinski definition) is 1. The van der Waals surface area contributed by atoms with Gasteiger partial charge in [-0.1, -0.05) is 18.2 Å². The molecular formula is C16H22N4O. The lowest BCUT2D eigenvalue weighted by Crippen LogP contribution is -2.39. The van der Waals surface area contributed by atoms with E-state index in [9.17, 15) is 0 Å². The van der Waals surface area contributed by atoms with Crippen LogP contribution in [0.15, 0.2) is 36.7 Å². The summed E-state index contributed by atoms with van der Waals surface area (Å²) < 4.78 is 7.72. The van der Waals surface area contributed by atoms with Gasteiger partial charge < -0.3 is 14.6 Å². The van der Waals surface area contributed by atoms with Crippen molar-refractivity contribution in [2.45, 2.75) is 19.1 Å².